The van der Waals surface area contributed by atoms with Gasteiger partial charge in [-0.1, -0.05) is 37.3 Å². The molecule has 2 aliphatic heterocycles. The fraction of sp³-hybridized carbons (Fsp3) is 0.406. The van der Waals surface area contributed by atoms with Crippen LogP contribution in [0.25, 0.3) is 0 Å². The average molecular weight is 608 g/mol. The zero-order chi connectivity index (χ0) is 30.3. The Bertz CT molecular complexity index is 1490. The van der Waals surface area contributed by atoms with Crippen LogP contribution in [0.15, 0.2) is 72.9 Å². The Morgan fingerprint density at radius 2 is 1.77 bits per heavy atom. The van der Waals surface area contributed by atoms with Crippen LogP contribution in [0, 0.1) is 0 Å². The van der Waals surface area contributed by atoms with Crippen molar-refractivity contribution >= 4 is 21.5 Å². The van der Waals surface area contributed by atoms with Crippen LogP contribution in [0.4, 0.5) is 0 Å². The largest absolute Gasteiger partial charge is 0.457 e. The van der Waals surface area contributed by atoms with Crippen molar-refractivity contribution in [2.24, 2.45) is 0 Å². The molecule has 3 heterocycles. The molecule has 2 N–H and O–H groups in total. The maximum atomic E-state index is 14.0. The van der Waals surface area contributed by atoms with Crippen molar-refractivity contribution in [3.8, 4) is 11.5 Å². The number of Topliss-reactive ketones (excluding diaryl/α,β-unsaturated/α-hetero) is 1. The molecule has 0 radical (unpaired) electrons. The fourth-order valence-corrected chi connectivity index (χ4v) is 7.48. The molecule has 228 valence electrons. The molecule has 3 unspecified atom stereocenters. The number of pyridine rings is 1. The first-order chi connectivity index (χ1) is 20.8. The highest BCUT2D eigenvalue weighted by molar-refractivity contribution is 7.92. The lowest BCUT2D eigenvalue weighted by Crippen LogP contribution is -2.44. The normalized spacial score (nSPS) is 23.6. The molecule has 0 bridgehead atoms. The highest BCUT2D eigenvalue weighted by atomic mass is 32.2. The van der Waals surface area contributed by atoms with Gasteiger partial charge in [0.1, 0.15) is 27.8 Å². The van der Waals surface area contributed by atoms with E-state index in [1.54, 1.807) is 42.5 Å². The number of nitrogens with zero attached hydrogens (tertiary/aromatic N) is 1. The minimum Gasteiger partial charge on any atom is -0.457 e. The van der Waals surface area contributed by atoms with Crippen molar-refractivity contribution in [2.45, 2.75) is 68.9 Å². The van der Waals surface area contributed by atoms with E-state index < -0.39 is 45.1 Å². The molecule has 3 atom stereocenters. The number of amides is 1. The van der Waals surface area contributed by atoms with Crippen molar-refractivity contribution in [3.05, 3.63) is 89.7 Å². The third-order valence-electron chi connectivity index (χ3n) is 8.02. The second-order valence-electron chi connectivity index (χ2n) is 10.9. The third-order valence-corrected chi connectivity index (χ3v) is 10.3. The van der Waals surface area contributed by atoms with E-state index >= 15 is 0 Å². The summed E-state index contributed by atoms with van der Waals surface area (Å²) < 4.78 is 38.0. The van der Waals surface area contributed by atoms with Gasteiger partial charge in [0.05, 0.1) is 12.5 Å². The van der Waals surface area contributed by atoms with Crippen LogP contribution < -0.4 is 15.5 Å². The van der Waals surface area contributed by atoms with E-state index in [4.69, 9.17) is 14.3 Å². The van der Waals surface area contributed by atoms with Gasteiger partial charge in [0, 0.05) is 19.2 Å². The summed E-state index contributed by atoms with van der Waals surface area (Å²) >= 11 is 0. The van der Waals surface area contributed by atoms with Gasteiger partial charge in [0.15, 0.2) is 21.9 Å². The number of carbonyl (C=O) groups excluding carboxylic acids is 2. The van der Waals surface area contributed by atoms with Gasteiger partial charge in [-0.2, -0.15) is 0 Å². The lowest BCUT2D eigenvalue weighted by atomic mass is 9.87. The van der Waals surface area contributed by atoms with Gasteiger partial charge in [-0.25, -0.2) is 18.7 Å². The van der Waals surface area contributed by atoms with Gasteiger partial charge in [0.25, 0.3) is 0 Å². The average Bonchev–Trinajstić information content (AvgIpc) is 3.17. The first kappa shape index (κ1) is 30.8. The lowest BCUT2D eigenvalue weighted by Gasteiger charge is -2.32. The van der Waals surface area contributed by atoms with E-state index in [0.717, 1.165) is 19.3 Å². The highest BCUT2D eigenvalue weighted by Gasteiger charge is 2.49. The molecular weight excluding hydrogens is 570 g/mol. The Morgan fingerprint density at radius 3 is 2.42 bits per heavy atom. The molecule has 2 fully saturated rings. The molecule has 11 heteroatoms. The van der Waals surface area contributed by atoms with Crippen LogP contribution in [-0.2, 0) is 35.4 Å². The topological polar surface area (TPSA) is 133 Å². The molecule has 10 nitrogen and oxygen atoms in total. The van der Waals surface area contributed by atoms with Crippen LogP contribution in [0.5, 0.6) is 11.5 Å². The number of ether oxygens (including phenoxy) is 2. The van der Waals surface area contributed by atoms with Crippen molar-refractivity contribution < 1.29 is 32.3 Å². The van der Waals surface area contributed by atoms with Crippen LogP contribution in [0.1, 0.15) is 67.1 Å². The Kier molecular flexibility index (Phi) is 9.86. The number of sulfone groups is 1. The standard InChI is InChI=1S/C32H37N3O7S/c1-2-23-9-13-25(14-10-23)41-26-15-11-24(12-16-26)32(21-29(36)35-42-30-8-4-6-20-40-30)18-17-28(34-22-43(32,38)39)31(37)27-7-3-5-19-33-27/h3,5,7,9-16,19,28,30,34H,2,4,6,8,17-18,20-22H2,1H3,(H,35,36). The number of hydrogen-bond donors (Lipinski definition) is 2. The summed E-state index contributed by atoms with van der Waals surface area (Å²) in [7, 11) is -4.01. The van der Waals surface area contributed by atoms with Gasteiger partial charge in [0.2, 0.25) is 5.91 Å². The summed E-state index contributed by atoms with van der Waals surface area (Å²) in [5.74, 6) is -0.200. The van der Waals surface area contributed by atoms with Gasteiger partial charge in [-0.15, -0.1) is 0 Å². The Morgan fingerprint density at radius 1 is 1.02 bits per heavy atom. The predicted molar refractivity (Wildman–Crippen MR) is 160 cm³/mol. The number of hydroxylamine groups is 1. The zero-order valence-electron chi connectivity index (χ0n) is 24.2. The molecule has 3 aromatic rings. The quantitative estimate of drug-likeness (QED) is 0.251. The van der Waals surface area contributed by atoms with Crippen molar-refractivity contribution in [3.63, 3.8) is 0 Å². The summed E-state index contributed by atoms with van der Waals surface area (Å²) in [6.45, 7) is 2.61. The number of carbonyl (C=O) groups is 2. The van der Waals surface area contributed by atoms with E-state index in [1.165, 1.54) is 11.8 Å². The van der Waals surface area contributed by atoms with E-state index in [0.29, 0.717) is 30.1 Å². The van der Waals surface area contributed by atoms with E-state index in [-0.39, 0.29) is 24.3 Å². The number of rotatable bonds is 10. The minimum atomic E-state index is -4.01. The molecule has 5 rings (SSSR count). The first-order valence-corrected chi connectivity index (χ1v) is 16.3. The SMILES string of the molecule is CCc1ccc(Oc2ccc(C3(CC(=O)NOC4CCCCO4)CCC(C(=O)c4ccccn4)NCS3(=O)=O)cc2)cc1. The van der Waals surface area contributed by atoms with Crippen LogP contribution in [-0.4, -0.2) is 49.9 Å². The monoisotopic (exact) mass is 607 g/mol. The predicted octanol–water partition coefficient (Wildman–Crippen LogP) is 4.60. The van der Waals surface area contributed by atoms with Crippen molar-refractivity contribution in [2.75, 3.05) is 12.5 Å². The Labute approximate surface area is 252 Å². The Balaban J connectivity index is 1.40. The summed E-state index contributed by atoms with van der Waals surface area (Å²) in [6, 6.07) is 18.7. The maximum absolute atomic E-state index is 14.0. The second kappa shape index (κ2) is 13.8. The minimum absolute atomic E-state index is 0.0254. The molecule has 0 spiro atoms. The maximum Gasteiger partial charge on any atom is 0.245 e. The van der Waals surface area contributed by atoms with Gasteiger partial charge in [-0.05, 0) is 79.6 Å². The first-order valence-electron chi connectivity index (χ1n) is 14.6. The summed E-state index contributed by atoms with van der Waals surface area (Å²) in [6.07, 6.45) is 4.13. The lowest BCUT2D eigenvalue weighted by molar-refractivity contribution is -0.200. The highest BCUT2D eigenvalue weighted by Crippen LogP contribution is 2.42. The molecular formula is C32H37N3O7S. The molecule has 43 heavy (non-hydrogen) atoms. The number of aromatic nitrogens is 1. The number of hydrogen-bond acceptors (Lipinski definition) is 9. The number of ketones is 1. The van der Waals surface area contributed by atoms with Crippen LogP contribution in [0.3, 0.4) is 0 Å². The van der Waals surface area contributed by atoms with Gasteiger partial charge >= 0.3 is 0 Å². The number of nitrogens with one attached hydrogen (secondary N) is 2. The zero-order valence-corrected chi connectivity index (χ0v) is 25.0. The summed E-state index contributed by atoms with van der Waals surface area (Å²) in [5.41, 5.74) is 4.28. The molecule has 2 aliphatic rings. The van der Waals surface area contributed by atoms with E-state index in [1.807, 2.05) is 24.3 Å². The van der Waals surface area contributed by atoms with E-state index in [2.05, 4.69) is 22.7 Å². The molecule has 2 saturated heterocycles. The molecule has 1 aromatic heterocycles. The fourth-order valence-electron chi connectivity index (χ4n) is 5.51. The summed E-state index contributed by atoms with van der Waals surface area (Å²) in [5, 5.41) is 2.92. The van der Waals surface area contributed by atoms with Crippen LogP contribution >= 0.6 is 0 Å². The third kappa shape index (κ3) is 7.30. The molecule has 1 amide bonds. The summed E-state index contributed by atoms with van der Waals surface area (Å²) in [4.78, 5) is 36.1. The van der Waals surface area contributed by atoms with E-state index in [9.17, 15) is 18.0 Å². The van der Waals surface area contributed by atoms with Gasteiger partial charge < -0.3 is 9.47 Å². The van der Waals surface area contributed by atoms with Crippen molar-refractivity contribution in [1.82, 2.24) is 15.8 Å². The van der Waals surface area contributed by atoms with Crippen LogP contribution in [0.2, 0.25) is 0 Å². The molecule has 2 aromatic carbocycles. The van der Waals surface area contributed by atoms with Gasteiger partial charge in [-0.3, -0.25) is 19.9 Å². The Hall–Kier alpha value is -3.64. The number of benzene rings is 2. The molecule has 0 aliphatic carbocycles. The second-order valence-corrected chi connectivity index (χ2v) is 13.2. The number of aryl methyl sites for hydroxylation is 1. The smallest absolute Gasteiger partial charge is 0.245 e. The molecule has 0 saturated carbocycles. The van der Waals surface area contributed by atoms with Crippen molar-refractivity contribution in [1.29, 1.82) is 0 Å².